The molecule has 7 nitrogen and oxygen atoms in total. The largest absolute Gasteiger partial charge is 0.457 e. The van der Waals surface area contributed by atoms with Crippen LogP contribution < -0.4 is 10.2 Å². The van der Waals surface area contributed by atoms with Gasteiger partial charge in [-0.15, -0.1) is 4.40 Å². The van der Waals surface area contributed by atoms with Crippen molar-refractivity contribution < 1.29 is 30.7 Å². The van der Waals surface area contributed by atoms with Gasteiger partial charge in [-0.1, -0.05) is 30.3 Å². The number of nitrogens with zero attached hydrogens (tertiary/aromatic N) is 3. The van der Waals surface area contributed by atoms with Crippen LogP contribution in [0.1, 0.15) is 49.6 Å². The molecule has 2 aliphatic rings. The Morgan fingerprint density at radius 2 is 1.71 bits per heavy atom. The van der Waals surface area contributed by atoms with Crippen molar-refractivity contribution in [2.45, 2.75) is 50.3 Å². The first-order valence-electron chi connectivity index (χ1n) is 12.4. The average molecular weight is 557 g/mol. The minimum absolute atomic E-state index is 0.0126. The van der Waals surface area contributed by atoms with E-state index >= 15 is 0 Å². The lowest BCUT2D eigenvalue weighted by molar-refractivity contribution is -0.138. The Labute approximate surface area is 220 Å². The molecule has 2 heterocycles. The number of hydrogen-bond acceptors (Lipinski definition) is 6. The number of piperazine rings is 1. The monoisotopic (exact) mass is 556 g/mol. The first-order valence-corrected chi connectivity index (χ1v) is 13.9. The molecule has 208 valence electrons. The molecule has 2 aliphatic heterocycles. The number of benzene rings is 2. The van der Waals surface area contributed by atoms with E-state index in [0.717, 1.165) is 5.69 Å². The fourth-order valence-corrected chi connectivity index (χ4v) is 6.63. The Hall–Kier alpha value is -2.86. The summed E-state index contributed by atoms with van der Waals surface area (Å²) in [4.78, 5) is 3.86. The Morgan fingerprint density at radius 3 is 2.29 bits per heavy atom. The minimum Gasteiger partial charge on any atom is -0.457 e. The van der Waals surface area contributed by atoms with Gasteiger partial charge in [-0.2, -0.15) is 13.2 Å². The highest BCUT2D eigenvalue weighted by Crippen LogP contribution is 2.41. The van der Waals surface area contributed by atoms with E-state index in [1.165, 1.54) is 6.07 Å². The van der Waals surface area contributed by atoms with Gasteiger partial charge in [0.2, 0.25) is 0 Å². The van der Waals surface area contributed by atoms with E-state index in [1.807, 2.05) is 12.1 Å². The molecular weight excluding hydrogens is 524 g/mol. The number of ether oxygens (including phenoxy) is 1. The zero-order valence-electron chi connectivity index (χ0n) is 21.5. The van der Waals surface area contributed by atoms with Gasteiger partial charge in [-0.3, -0.25) is 4.90 Å². The van der Waals surface area contributed by atoms with Gasteiger partial charge in [0.05, 0.1) is 12.5 Å². The maximum absolute atomic E-state index is 14.2. The Balaban J connectivity index is 1.44. The van der Waals surface area contributed by atoms with Crippen molar-refractivity contribution in [2.75, 3.05) is 37.6 Å². The highest BCUT2D eigenvalue weighted by molar-refractivity contribution is 7.90. The molecule has 2 atom stereocenters. The number of alkyl halides is 3. The first-order chi connectivity index (χ1) is 17.7. The highest BCUT2D eigenvalue weighted by Gasteiger charge is 2.47. The van der Waals surface area contributed by atoms with Crippen molar-refractivity contribution in [3.8, 4) is 0 Å². The number of sulfonamides is 1. The molecule has 0 bridgehead atoms. The minimum atomic E-state index is -4.16. The summed E-state index contributed by atoms with van der Waals surface area (Å²) >= 11 is 0. The zero-order chi connectivity index (χ0) is 27.7. The first kappa shape index (κ1) is 28.2. The lowest BCUT2D eigenvalue weighted by atomic mass is 9.97. The van der Waals surface area contributed by atoms with Gasteiger partial charge >= 0.3 is 12.2 Å². The number of nitrogens with one attached hydrogen (secondary N) is 1. The van der Waals surface area contributed by atoms with E-state index in [1.54, 1.807) is 56.0 Å². The quantitative estimate of drug-likeness (QED) is 0.516. The van der Waals surface area contributed by atoms with Gasteiger partial charge in [0.1, 0.15) is 16.7 Å². The van der Waals surface area contributed by atoms with Crippen LogP contribution in [0.25, 0.3) is 0 Å². The summed E-state index contributed by atoms with van der Waals surface area (Å²) in [5.41, 5.74) is 0.546. The molecule has 2 aromatic rings. The number of amidine groups is 1. The van der Waals surface area contributed by atoms with Crippen LogP contribution in [-0.2, 0) is 14.8 Å². The van der Waals surface area contributed by atoms with Crippen LogP contribution in [0, 0.1) is 5.82 Å². The molecule has 0 spiro atoms. The Morgan fingerprint density at radius 1 is 1.08 bits per heavy atom. The molecule has 1 fully saturated rings. The summed E-state index contributed by atoms with van der Waals surface area (Å²) in [6.07, 6.45) is -4.99. The highest BCUT2D eigenvalue weighted by atomic mass is 32.2. The molecule has 1 N–H and O–H groups in total. The third kappa shape index (κ3) is 6.58. The van der Waals surface area contributed by atoms with Gasteiger partial charge in [-0.05, 0) is 44.5 Å². The van der Waals surface area contributed by atoms with Crippen molar-refractivity contribution in [3.05, 3.63) is 65.5 Å². The van der Waals surface area contributed by atoms with Crippen LogP contribution in [0.15, 0.2) is 52.9 Å². The lowest BCUT2D eigenvalue weighted by Gasteiger charge is -2.38. The molecule has 1 saturated heterocycles. The van der Waals surface area contributed by atoms with E-state index < -0.39 is 45.3 Å². The van der Waals surface area contributed by atoms with Gasteiger partial charge in [0.25, 0.3) is 10.0 Å². The summed E-state index contributed by atoms with van der Waals surface area (Å²) in [5.74, 6) is -0.424. The summed E-state index contributed by atoms with van der Waals surface area (Å²) in [6, 6.07) is 12.5. The van der Waals surface area contributed by atoms with Crippen molar-refractivity contribution in [1.82, 2.24) is 10.2 Å². The van der Waals surface area contributed by atoms with E-state index in [0.29, 0.717) is 37.3 Å². The van der Waals surface area contributed by atoms with Gasteiger partial charge < -0.3 is 15.0 Å². The number of anilines is 1. The third-order valence-corrected chi connectivity index (χ3v) is 8.71. The Kier molecular flexibility index (Phi) is 7.94. The number of hydrogen-bond donors (Lipinski definition) is 1. The molecule has 2 aromatic carbocycles. The van der Waals surface area contributed by atoms with Gasteiger partial charge in [0, 0.05) is 44.0 Å². The second kappa shape index (κ2) is 10.7. The third-order valence-electron chi connectivity index (χ3n) is 6.86. The van der Waals surface area contributed by atoms with Crippen LogP contribution in [-0.4, -0.2) is 63.8 Å². The molecule has 0 saturated carbocycles. The van der Waals surface area contributed by atoms with E-state index in [9.17, 15) is 26.0 Å². The van der Waals surface area contributed by atoms with Crippen LogP contribution in [0.4, 0.5) is 23.2 Å². The van der Waals surface area contributed by atoms with Crippen LogP contribution >= 0.6 is 0 Å². The van der Waals surface area contributed by atoms with E-state index in [-0.39, 0.29) is 12.6 Å². The van der Waals surface area contributed by atoms with Crippen LogP contribution in [0.5, 0.6) is 0 Å². The van der Waals surface area contributed by atoms with Gasteiger partial charge in [0.15, 0.2) is 0 Å². The summed E-state index contributed by atoms with van der Waals surface area (Å²) in [5, 5.41) is 1.80. The summed E-state index contributed by atoms with van der Waals surface area (Å²) in [7, 11) is -4.04. The standard InChI is InChI=1S/C26H32F4N4O3S/c1-18(21-6-4-5-7-22(21)27)31-24-32-38(35,36)23(25(2,3)37-24)19-8-10-20(11-9-19)34-16-14-33(15-17-34)13-12-26(28,29)30/h4-11,18,23H,12-17H2,1-3H3,(H,31,32)/t18-,23?/m0/s1. The molecule has 0 aromatic heterocycles. The number of halogens is 4. The van der Waals surface area contributed by atoms with E-state index in [4.69, 9.17) is 4.74 Å². The Bertz CT molecular complexity index is 1260. The summed E-state index contributed by atoms with van der Waals surface area (Å²) in [6.45, 7) is 7.18. The molecule has 38 heavy (non-hydrogen) atoms. The topological polar surface area (TPSA) is 74.2 Å². The molecule has 1 unspecified atom stereocenters. The van der Waals surface area contributed by atoms with Crippen LogP contribution in [0.2, 0.25) is 0 Å². The SMILES string of the molecule is C[C@H](NC1=NS(=O)(=O)C(c2ccc(N3CCN(CCC(F)(F)F)CC3)cc2)C(C)(C)O1)c1ccccc1F. The normalized spacial score (nSPS) is 22.3. The molecule has 0 aliphatic carbocycles. The fourth-order valence-electron chi connectivity index (χ4n) is 4.94. The molecular formula is C26H32F4N4O3S. The van der Waals surface area contributed by atoms with Crippen molar-refractivity contribution in [1.29, 1.82) is 0 Å². The fraction of sp³-hybridized carbons (Fsp3) is 0.500. The number of rotatable bonds is 6. The maximum atomic E-state index is 14.2. The maximum Gasteiger partial charge on any atom is 0.390 e. The lowest BCUT2D eigenvalue weighted by Crippen LogP contribution is -2.47. The molecule has 12 heteroatoms. The smallest absolute Gasteiger partial charge is 0.390 e. The van der Waals surface area contributed by atoms with Gasteiger partial charge in [-0.25, -0.2) is 12.8 Å². The average Bonchev–Trinajstić information content (AvgIpc) is 2.82. The predicted octanol–water partition coefficient (Wildman–Crippen LogP) is 4.79. The van der Waals surface area contributed by atoms with Crippen molar-refractivity contribution in [2.24, 2.45) is 4.40 Å². The molecule has 0 radical (unpaired) electrons. The van der Waals surface area contributed by atoms with Crippen molar-refractivity contribution >= 4 is 21.7 Å². The second-order valence-corrected chi connectivity index (χ2v) is 11.9. The molecule has 4 rings (SSSR count). The summed E-state index contributed by atoms with van der Waals surface area (Å²) < 4.78 is 88.0. The predicted molar refractivity (Wildman–Crippen MR) is 138 cm³/mol. The van der Waals surface area contributed by atoms with Crippen molar-refractivity contribution in [3.63, 3.8) is 0 Å². The molecule has 0 amide bonds. The second-order valence-electron chi connectivity index (χ2n) is 10.2. The van der Waals surface area contributed by atoms with Crippen LogP contribution in [0.3, 0.4) is 0 Å². The zero-order valence-corrected chi connectivity index (χ0v) is 22.3. The van der Waals surface area contributed by atoms with E-state index in [2.05, 4.69) is 14.6 Å².